The van der Waals surface area contributed by atoms with Crippen LogP contribution in [0.15, 0.2) is 47.6 Å². The maximum atomic E-state index is 12.7. The van der Waals surface area contributed by atoms with Crippen LogP contribution in [-0.4, -0.2) is 33.3 Å². The molecule has 0 aliphatic rings. The SMILES string of the molecule is Cc1ccc(Cl)cc1N(CC(=O)N/N=C\c1cccc(C(F)(F)F)c1)S(C)(=O)=O. The zero-order valence-electron chi connectivity index (χ0n) is 15.4. The van der Waals surface area contributed by atoms with Crippen molar-refractivity contribution in [3.8, 4) is 0 Å². The standard InChI is InChI=1S/C18H17ClF3N3O3S/c1-12-6-7-15(19)9-16(12)25(29(2,27)28)11-17(26)24-23-10-13-4-3-5-14(8-13)18(20,21)22/h3-10H,11H2,1-2H3,(H,24,26)/b23-10-. The second-order valence-corrected chi connectivity index (χ2v) is 8.46. The van der Waals surface area contributed by atoms with E-state index in [4.69, 9.17) is 11.6 Å². The fourth-order valence-electron chi connectivity index (χ4n) is 2.37. The van der Waals surface area contributed by atoms with Crippen LogP contribution >= 0.6 is 11.6 Å². The van der Waals surface area contributed by atoms with Gasteiger partial charge in [-0.25, -0.2) is 13.8 Å². The number of rotatable bonds is 6. The second kappa shape index (κ2) is 8.83. The number of carbonyl (C=O) groups is 1. The summed E-state index contributed by atoms with van der Waals surface area (Å²) in [4.78, 5) is 12.1. The first kappa shape index (κ1) is 22.7. The molecular weight excluding hydrogens is 431 g/mol. The number of aryl methyl sites for hydroxylation is 1. The topological polar surface area (TPSA) is 78.8 Å². The maximum absolute atomic E-state index is 12.7. The van der Waals surface area contributed by atoms with Crippen LogP contribution in [0.5, 0.6) is 0 Å². The largest absolute Gasteiger partial charge is 0.416 e. The molecule has 0 atom stereocenters. The van der Waals surface area contributed by atoms with Crippen molar-refractivity contribution in [3.05, 3.63) is 64.2 Å². The zero-order chi connectivity index (χ0) is 21.8. The third-order valence-corrected chi connectivity index (χ3v) is 5.11. The lowest BCUT2D eigenvalue weighted by atomic mass is 10.1. The van der Waals surface area contributed by atoms with Crippen LogP contribution < -0.4 is 9.73 Å². The van der Waals surface area contributed by atoms with Gasteiger partial charge in [0.05, 0.1) is 23.7 Å². The molecule has 0 aliphatic carbocycles. The Morgan fingerprint density at radius 1 is 1.24 bits per heavy atom. The first-order chi connectivity index (χ1) is 13.4. The Hall–Kier alpha value is -2.59. The molecule has 1 N–H and O–H groups in total. The molecule has 0 saturated heterocycles. The number of hydrogen-bond donors (Lipinski definition) is 1. The lowest BCUT2D eigenvalue weighted by molar-refractivity contribution is -0.137. The number of alkyl halides is 3. The lowest BCUT2D eigenvalue weighted by Crippen LogP contribution is -2.39. The lowest BCUT2D eigenvalue weighted by Gasteiger charge is -2.23. The number of hydrogen-bond acceptors (Lipinski definition) is 4. The summed E-state index contributed by atoms with van der Waals surface area (Å²) < 4.78 is 63.2. The van der Waals surface area contributed by atoms with Crippen molar-refractivity contribution in [1.29, 1.82) is 0 Å². The van der Waals surface area contributed by atoms with Gasteiger partial charge in [0, 0.05) is 5.02 Å². The summed E-state index contributed by atoms with van der Waals surface area (Å²) in [5.41, 5.74) is 2.18. The zero-order valence-corrected chi connectivity index (χ0v) is 16.9. The Morgan fingerprint density at radius 2 is 1.93 bits per heavy atom. The molecular formula is C18H17ClF3N3O3S. The molecule has 0 aromatic heterocycles. The molecule has 29 heavy (non-hydrogen) atoms. The van der Waals surface area contributed by atoms with Crippen LogP contribution in [-0.2, 0) is 21.0 Å². The normalized spacial score (nSPS) is 12.2. The monoisotopic (exact) mass is 447 g/mol. The molecule has 0 spiro atoms. The maximum Gasteiger partial charge on any atom is 0.416 e. The Bertz CT molecular complexity index is 1040. The summed E-state index contributed by atoms with van der Waals surface area (Å²) in [6.07, 6.45) is -2.53. The molecule has 2 rings (SSSR count). The van der Waals surface area contributed by atoms with E-state index in [0.29, 0.717) is 10.6 Å². The van der Waals surface area contributed by atoms with E-state index >= 15 is 0 Å². The molecule has 6 nitrogen and oxygen atoms in total. The van der Waals surface area contributed by atoms with Gasteiger partial charge >= 0.3 is 6.18 Å². The molecule has 0 heterocycles. The van der Waals surface area contributed by atoms with Gasteiger partial charge in [-0.1, -0.05) is 29.8 Å². The smallest absolute Gasteiger partial charge is 0.271 e. The quantitative estimate of drug-likeness (QED) is 0.543. The summed E-state index contributed by atoms with van der Waals surface area (Å²) in [6, 6.07) is 8.97. The Morgan fingerprint density at radius 3 is 2.55 bits per heavy atom. The first-order valence-corrected chi connectivity index (χ1v) is 10.3. The van der Waals surface area contributed by atoms with Crippen LogP contribution in [0.2, 0.25) is 5.02 Å². The number of anilines is 1. The number of carbonyl (C=O) groups excluding carboxylic acids is 1. The van der Waals surface area contributed by atoms with Gasteiger partial charge in [-0.15, -0.1) is 0 Å². The van der Waals surface area contributed by atoms with E-state index in [1.54, 1.807) is 19.1 Å². The highest BCUT2D eigenvalue weighted by atomic mass is 35.5. The molecule has 0 aliphatic heterocycles. The van der Waals surface area contributed by atoms with Crippen LogP contribution in [0, 0.1) is 6.92 Å². The molecule has 1 amide bonds. The van der Waals surface area contributed by atoms with E-state index in [-0.39, 0.29) is 11.3 Å². The minimum absolute atomic E-state index is 0.116. The summed E-state index contributed by atoms with van der Waals surface area (Å²) >= 11 is 5.92. The fourth-order valence-corrected chi connectivity index (χ4v) is 3.44. The van der Waals surface area contributed by atoms with Gasteiger partial charge in [0.15, 0.2) is 0 Å². The van der Waals surface area contributed by atoms with Crippen LogP contribution in [0.25, 0.3) is 0 Å². The minimum atomic E-state index is -4.50. The van der Waals surface area contributed by atoms with Gasteiger partial charge in [-0.2, -0.15) is 18.3 Å². The van der Waals surface area contributed by atoms with Crippen molar-refractivity contribution in [2.45, 2.75) is 13.1 Å². The van der Waals surface area contributed by atoms with Crippen LogP contribution in [0.3, 0.4) is 0 Å². The van der Waals surface area contributed by atoms with Crippen molar-refractivity contribution in [3.63, 3.8) is 0 Å². The highest BCUT2D eigenvalue weighted by Gasteiger charge is 2.30. The molecule has 0 unspecified atom stereocenters. The van der Waals surface area contributed by atoms with Crippen molar-refractivity contribution >= 4 is 39.4 Å². The van der Waals surface area contributed by atoms with E-state index in [1.807, 2.05) is 0 Å². The average molecular weight is 448 g/mol. The number of halogens is 4. The summed E-state index contributed by atoms with van der Waals surface area (Å²) in [7, 11) is -3.81. The Labute approximate surface area is 171 Å². The predicted octanol–water partition coefficient (Wildman–Crippen LogP) is 3.58. The Kier molecular flexibility index (Phi) is 6.91. The summed E-state index contributed by atoms with van der Waals surface area (Å²) in [5, 5.41) is 3.89. The number of benzene rings is 2. The van der Waals surface area contributed by atoms with E-state index < -0.39 is 34.2 Å². The van der Waals surface area contributed by atoms with Crippen LogP contribution in [0.4, 0.5) is 18.9 Å². The molecule has 0 fully saturated rings. The Balaban J connectivity index is 2.14. The van der Waals surface area contributed by atoms with Gasteiger partial charge in [-0.05, 0) is 42.3 Å². The van der Waals surface area contributed by atoms with Gasteiger partial charge < -0.3 is 0 Å². The van der Waals surface area contributed by atoms with Gasteiger partial charge in [0.2, 0.25) is 10.0 Å². The molecule has 156 valence electrons. The first-order valence-electron chi connectivity index (χ1n) is 8.11. The third kappa shape index (κ3) is 6.47. The second-order valence-electron chi connectivity index (χ2n) is 6.12. The molecule has 2 aromatic rings. The molecule has 0 saturated carbocycles. The van der Waals surface area contributed by atoms with E-state index in [0.717, 1.165) is 28.9 Å². The van der Waals surface area contributed by atoms with E-state index in [9.17, 15) is 26.4 Å². The van der Waals surface area contributed by atoms with Gasteiger partial charge in [0.25, 0.3) is 5.91 Å². The molecule has 0 radical (unpaired) electrons. The third-order valence-electron chi connectivity index (χ3n) is 3.74. The van der Waals surface area contributed by atoms with Gasteiger partial charge in [-0.3, -0.25) is 9.10 Å². The molecule has 11 heteroatoms. The summed E-state index contributed by atoms with van der Waals surface area (Å²) in [6.45, 7) is 1.08. The fraction of sp³-hybridized carbons (Fsp3) is 0.222. The number of nitrogens with one attached hydrogen (secondary N) is 1. The molecule has 2 aromatic carbocycles. The van der Waals surface area contributed by atoms with Crippen LogP contribution in [0.1, 0.15) is 16.7 Å². The summed E-state index contributed by atoms with van der Waals surface area (Å²) in [5.74, 6) is -0.780. The average Bonchev–Trinajstić information content (AvgIpc) is 2.60. The van der Waals surface area contributed by atoms with Gasteiger partial charge in [0.1, 0.15) is 6.54 Å². The minimum Gasteiger partial charge on any atom is -0.271 e. The van der Waals surface area contributed by atoms with E-state index in [2.05, 4.69) is 10.5 Å². The number of hydrazone groups is 1. The number of nitrogens with zero attached hydrogens (tertiary/aromatic N) is 2. The predicted molar refractivity (Wildman–Crippen MR) is 106 cm³/mol. The highest BCUT2D eigenvalue weighted by molar-refractivity contribution is 7.92. The number of sulfonamides is 1. The van der Waals surface area contributed by atoms with Crippen molar-refractivity contribution < 1.29 is 26.4 Å². The van der Waals surface area contributed by atoms with Crippen molar-refractivity contribution in [2.24, 2.45) is 5.10 Å². The van der Waals surface area contributed by atoms with Crippen molar-refractivity contribution in [1.82, 2.24) is 5.43 Å². The van der Waals surface area contributed by atoms with Crippen molar-refractivity contribution in [2.75, 3.05) is 17.1 Å². The number of amides is 1. The molecule has 0 bridgehead atoms. The highest BCUT2D eigenvalue weighted by Crippen LogP contribution is 2.29. The van der Waals surface area contributed by atoms with E-state index in [1.165, 1.54) is 18.2 Å².